The van der Waals surface area contributed by atoms with E-state index in [9.17, 15) is 8.42 Å². The van der Waals surface area contributed by atoms with E-state index in [1.807, 2.05) is 18.2 Å². The third kappa shape index (κ3) is 3.08. The van der Waals surface area contributed by atoms with Crippen LogP contribution in [0.1, 0.15) is 17.0 Å². The molecule has 0 unspecified atom stereocenters. The van der Waals surface area contributed by atoms with Gasteiger partial charge < -0.3 is 9.42 Å². The zero-order chi connectivity index (χ0) is 19.2. The molecule has 1 saturated heterocycles. The van der Waals surface area contributed by atoms with Crippen LogP contribution < -0.4 is 4.90 Å². The highest BCUT2D eigenvalue weighted by molar-refractivity contribution is 7.89. The Balaban J connectivity index is 1.59. The number of hydrogen-bond acceptors (Lipinski definition) is 6. The summed E-state index contributed by atoms with van der Waals surface area (Å²) in [7, 11) is -3.60. The molecule has 3 aromatic rings. The topological polar surface area (TPSA) is 79.5 Å². The monoisotopic (exact) mass is 386 g/mol. The van der Waals surface area contributed by atoms with Crippen LogP contribution >= 0.6 is 0 Å². The van der Waals surface area contributed by atoms with E-state index in [-0.39, 0.29) is 4.90 Å². The predicted octanol–water partition coefficient (Wildman–Crippen LogP) is 2.66. The molecule has 2 aromatic heterocycles. The Bertz CT molecular complexity index is 1080. The molecule has 27 heavy (non-hydrogen) atoms. The second-order valence-corrected chi connectivity index (χ2v) is 8.77. The number of pyridine rings is 1. The van der Waals surface area contributed by atoms with Gasteiger partial charge in [0.15, 0.2) is 5.76 Å². The van der Waals surface area contributed by atoms with Gasteiger partial charge in [0.05, 0.1) is 5.52 Å². The van der Waals surface area contributed by atoms with Crippen molar-refractivity contribution in [3.8, 4) is 0 Å². The molecule has 4 rings (SSSR count). The van der Waals surface area contributed by atoms with Gasteiger partial charge in [-0.05, 0) is 39.0 Å². The molecule has 0 saturated carbocycles. The van der Waals surface area contributed by atoms with E-state index >= 15 is 0 Å². The Morgan fingerprint density at radius 3 is 2.44 bits per heavy atom. The maximum atomic E-state index is 13.0. The summed E-state index contributed by atoms with van der Waals surface area (Å²) in [6, 6.07) is 8.20. The van der Waals surface area contributed by atoms with Crippen molar-refractivity contribution >= 4 is 26.6 Å². The average Bonchev–Trinajstić information content (AvgIpc) is 3.00. The highest BCUT2D eigenvalue weighted by atomic mass is 32.2. The Hall–Kier alpha value is -2.45. The van der Waals surface area contributed by atoms with Crippen molar-refractivity contribution in [2.75, 3.05) is 31.1 Å². The second kappa shape index (κ2) is 6.61. The van der Waals surface area contributed by atoms with Crippen LogP contribution in [0.4, 0.5) is 5.69 Å². The molecule has 1 aliphatic rings. The zero-order valence-corrected chi connectivity index (χ0v) is 16.5. The van der Waals surface area contributed by atoms with Gasteiger partial charge >= 0.3 is 0 Å². The van der Waals surface area contributed by atoms with Crippen LogP contribution in [0.15, 0.2) is 39.9 Å². The lowest BCUT2D eigenvalue weighted by Gasteiger charge is -2.35. The summed E-state index contributed by atoms with van der Waals surface area (Å²) < 4.78 is 32.5. The van der Waals surface area contributed by atoms with Gasteiger partial charge in [0, 0.05) is 43.4 Å². The van der Waals surface area contributed by atoms with Crippen LogP contribution in [0.3, 0.4) is 0 Å². The first-order chi connectivity index (χ1) is 12.9. The quantitative estimate of drug-likeness (QED) is 0.689. The van der Waals surface area contributed by atoms with Crippen LogP contribution in [0, 0.1) is 20.8 Å². The van der Waals surface area contributed by atoms with E-state index in [4.69, 9.17) is 4.52 Å². The van der Waals surface area contributed by atoms with Crippen LogP contribution in [-0.4, -0.2) is 49.0 Å². The van der Waals surface area contributed by atoms with Crippen LogP contribution in [0.5, 0.6) is 0 Å². The Morgan fingerprint density at radius 2 is 1.78 bits per heavy atom. The molecule has 1 aromatic carbocycles. The average molecular weight is 386 g/mol. The standard InChI is InChI=1S/C19H22N4O3S/c1-13-4-5-17-16(12-13)18(6-7-20-17)22-8-10-23(11-9-22)27(24,25)19-14(2)21-26-15(19)3/h4-7,12H,8-11H2,1-3H3. The lowest BCUT2D eigenvalue weighted by molar-refractivity contribution is 0.378. The molecule has 8 heteroatoms. The van der Waals surface area contributed by atoms with Crippen LogP contribution in [-0.2, 0) is 10.0 Å². The van der Waals surface area contributed by atoms with Crippen molar-refractivity contribution in [2.24, 2.45) is 0 Å². The van der Waals surface area contributed by atoms with E-state index in [1.54, 1.807) is 20.0 Å². The largest absolute Gasteiger partial charge is 0.368 e. The molecule has 0 amide bonds. The lowest BCUT2D eigenvalue weighted by Crippen LogP contribution is -2.48. The SMILES string of the molecule is Cc1ccc2nccc(N3CCN(S(=O)(=O)c4c(C)noc4C)CC3)c2c1. The third-order valence-electron chi connectivity index (χ3n) is 5.02. The highest BCUT2D eigenvalue weighted by Gasteiger charge is 2.33. The molecule has 1 aliphatic heterocycles. The van der Waals surface area contributed by atoms with Gasteiger partial charge in [-0.15, -0.1) is 0 Å². The molecule has 0 N–H and O–H groups in total. The number of hydrogen-bond donors (Lipinski definition) is 0. The number of benzene rings is 1. The molecule has 0 aliphatic carbocycles. The van der Waals surface area contributed by atoms with Crippen molar-refractivity contribution in [3.63, 3.8) is 0 Å². The van der Waals surface area contributed by atoms with Crippen molar-refractivity contribution in [1.29, 1.82) is 0 Å². The molecule has 3 heterocycles. The van der Waals surface area contributed by atoms with Crippen molar-refractivity contribution in [3.05, 3.63) is 47.5 Å². The molecule has 1 fully saturated rings. The predicted molar refractivity (Wildman–Crippen MR) is 103 cm³/mol. The van der Waals surface area contributed by atoms with E-state index < -0.39 is 10.0 Å². The first-order valence-corrected chi connectivity index (χ1v) is 10.4. The van der Waals surface area contributed by atoms with E-state index in [0.717, 1.165) is 16.6 Å². The first kappa shape index (κ1) is 17.9. The molecule has 0 atom stereocenters. The number of rotatable bonds is 3. The molecule has 142 valence electrons. The second-order valence-electron chi connectivity index (χ2n) is 6.90. The van der Waals surface area contributed by atoms with Gasteiger partial charge in [-0.2, -0.15) is 4.31 Å². The van der Waals surface area contributed by atoms with E-state index in [2.05, 4.69) is 28.0 Å². The van der Waals surface area contributed by atoms with Gasteiger partial charge in [0.25, 0.3) is 0 Å². The summed E-state index contributed by atoms with van der Waals surface area (Å²) >= 11 is 0. The number of aryl methyl sites for hydroxylation is 3. The molecule has 7 nitrogen and oxygen atoms in total. The van der Waals surface area contributed by atoms with Gasteiger partial charge in [0.1, 0.15) is 10.6 Å². The molecular weight excluding hydrogens is 364 g/mol. The first-order valence-electron chi connectivity index (χ1n) is 8.91. The summed E-state index contributed by atoms with van der Waals surface area (Å²) in [5.74, 6) is 0.338. The minimum absolute atomic E-state index is 0.195. The zero-order valence-electron chi connectivity index (χ0n) is 15.6. The minimum Gasteiger partial charge on any atom is -0.368 e. The Labute approximate surface area is 158 Å². The minimum atomic E-state index is -3.60. The lowest BCUT2D eigenvalue weighted by atomic mass is 10.1. The van der Waals surface area contributed by atoms with E-state index in [1.165, 1.54) is 9.87 Å². The van der Waals surface area contributed by atoms with Gasteiger partial charge in [-0.3, -0.25) is 4.98 Å². The maximum absolute atomic E-state index is 13.0. The summed E-state index contributed by atoms with van der Waals surface area (Å²) in [5, 5.41) is 4.88. The number of nitrogens with zero attached hydrogens (tertiary/aromatic N) is 4. The molecule has 0 bridgehead atoms. The van der Waals surface area contributed by atoms with Gasteiger partial charge in [-0.25, -0.2) is 8.42 Å². The molecule has 0 radical (unpaired) electrons. The number of aromatic nitrogens is 2. The third-order valence-corrected chi connectivity index (χ3v) is 7.16. The number of piperazine rings is 1. The Kier molecular flexibility index (Phi) is 4.39. The molecule has 0 spiro atoms. The smallest absolute Gasteiger partial charge is 0.248 e. The number of fused-ring (bicyclic) bond motifs is 1. The maximum Gasteiger partial charge on any atom is 0.248 e. The normalized spacial score (nSPS) is 16.2. The van der Waals surface area contributed by atoms with Crippen LogP contribution in [0.25, 0.3) is 10.9 Å². The summed E-state index contributed by atoms with van der Waals surface area (Å²) in [4.78, 5) is 6.86. The highest BCUT2D eigenvalue weighted by Crippen LogP contribution is 2.29. The summed E-state index contributed by atoms with van der Waals surface area (Å²) in [5.41, 5.74) is 3.63. The number of anilines is 1. The number of sulfonamides is 1. The fourth-order valence-corrected chi connectivity index (χ4v) is 5.38. The fraction of sp³-hybridized carbons (Fsp3) is 0.368. The Morgan fingerprint density at radius 1 is 1.04 bits per heavy atom. The van der Waals surface area contributed by atoms with Gasteiger partial charge in [0.2, 0.25) is 10.0 Å². The van der Waals surface area contributed by atoms with Crippen LogP contribution in [0.2, 0.25) is 0 Å². The van der Waals surface area contributed by atoms with Crippen molar-refractivity contribution in [1.82, 2.24) is 14.4 Å². The summed E-state index contributed by atoms with van der Waals surface area (Å²) in [6.45, 7) is 7.43. The van der Waals surface area contributed by atoms with E-state index in [0.29, 0.717) is 37.6 Å². The van der Waals surface area contributed by atoms with Crippen molar-refractivity contribution < 1.29 is 12.9 Å². The van der Waals surface area contributed by atoms with Crippen molar-refractivity contribution in [2.45, 2.75) is 25.7 Å². The summed E-state index contributed by atoms with van der Waals surface area (Å²) in [6.07, 6.45) is 1.81. The molecular formula is C19H22N4O3S. The van der Waals surface area contributed by atoms with Gasteiger partial charge in [-0.1, -0.05) is 16.8 Å². The fourth-order valence-electron chi connectivity index (χ4n) is 3.66.